The molecule has 1 atom stereocenters. The average molecular weight is 441 g/mol. The molecule has 0 spiro atoms. The molecule has 11 nitrogen and oxygen atoms in total. The van der Waals surface area contributed by atoms with Crippen molar-refractivity contribution in [2.45, 2.75) is 13.0 Å². The highest BCUT2D eigenvalue weighted by Gasteiger charge is 2.34. The minimum Gasteiger partial charge on any atom is -0.493 e. The molecule has 0 saturated carbocycles. The van der Waals surface area contributed by atoms with E-state index in [4.69, 9.17) is 14.2 Å². The van der Waals surface area contributed by atoms with Gasteiger partial charge in [-0.3, -0.25) is 14.9 Å². The fourth-order valence-corrected chi connectivity index (χ4v) is 3.32. The zero-order valence-electron chi connectivity index (χ0n) is 18.3. The van der Waals surface area contributed by atoms with Gasteiger partial charge in [-0.05, 0) is 24.6 Å². The van der Waals surface area contributed by atoms with E-state index in [2.05, 4.69) is 10.1 Å². The van der Waals surface area contributed by atoms with Gasteiger partial charge in [0.05, 0.1) is 38.0 Å². The Hall–Kier alpha value is -4.15. The van der Waals surface area contributed by atoms with Crippen LogP contribution in [0.25, 0.3) is 5.69 Å². The predicted octanol–water partition coefficient (Wildman–Crippen LogP) is 3.03. The Morgan fingerprint density at radius 1 is 1.12 bits per heavy atom. The normalized spacial score (nSPS) is 11.5. The molecule has 0 aliphatic heterocycles. The summed E-state index contributed by atoms with van der Waals surface area (Å²) >= 11 is 0. The first-order valence-electron chi connectivity index (χ1n) is 9.53. The summed E-state index contributed by atoms with van der Waals surface area (Å²) in [6.07, 6.45) is 3.02. The number of hydrogen-bond acceptors (Lipinski definition) is 8. The van der Waals surface area contributed by atoms with Gasteiger partial charge in [-0.15, -0.1) is 0 Å². The maximum absolute atomic E-state index is 13.3. The number of nitro benzene ring substituents is 1. The SMILES string of the molecule is COc1cc(C(=O)N(C)C(C)c2ccc(-n3cncn3)cc2)c([N+](=O)[O-])c(OC)c1OC. The van der Waals surface area contributed by atoms with E-state index in [0.717, 1.165) is 11.3 Å². The van der Waals surface area contributed by atoms with Crippen molar-refractivity contribution in [3.8, 4) is 22.9 Å². The lowest BCUT2D eigenvalue weighted by Gasteiger charge is -2.26. The van der Waals surface area contributed by atoms with Crippen LogP contribution in [0.5, 0.6) is 17.2 Å². The second kappa shape index (κ2) is 9.33. The van der Waals surface area contributed by atoms with Crippen LogP contribution in [0.1, 0.15) is 28.9 Å². The van der Waals surface area contributed by atoms with Crippen LogP contribution in [0, 0.1) is 10.1 Å². The number of ether oxygens (including phenoxy) is 3. The third-order valence-corrected chi connectivity index (χ3v) is 5.18. The molecule has 32 heavy (non-hydrogen) atoms. The number of carbonyl (C=O) groups is 1. The van der Waals surface area contributed by atoms with Crippen molar-refractivity contribution in [3.63, 3.8) is 0 Å². The van der Waals surface area contributed by atoms with Gasteiger partial charge in [0, 0.05) is 13.1 Å². The van der Waals surface area contributed by atoms with Crippen molar-refractivity contribution in [1.82, 2.24) is 19.7 Å². The molecule has 0 fully saturated rings. The van der Waals surface area contributed by atoms with E-state index in [0.29, 0.717) is 0 Å². The number of benzene rings is 2. The lowest BCUT2D eigenvalue weighted by Crippen LogP contribution is -2.30. The quantitative estimate of drug-likeness (QED) is 0.386. The average Bonchev–Trinajstić information content (AvgIpc) is 3.36. The Labute approximate surface area is 184 Å². The van der Waals surface area contributed by atoms with E-state index < -0.39 is 16.5 Å². The number of nitro groups is 1. The molecule has 3 aromatic rings. The summed E-state index contributed by atoms with van der Waals surface area (Å²) in [6, 6.07) is 8.32. The Morgan fingerprint density at radius 2 is 1.78 bits per heavy atom. The van der Waals surface area contributed by atoms with Gasteiger partial charge in [0.25, 0.3) is 5.91 Å². The zero-order chi connectivity index (χ0) is 23.4. The topological polar surface area (TPSA) is 122 Å². The molecule has 1 unspecified atom stereocenters. The molecule has 1 heterocycles. The Bertz CT molecular complexity index is 1110. The Kier molecular flexibility index (Phi) is 6.57. The van der Waals surface area contributed by atoms with Crippen LogP contribution in [-0.2, 0) is 0 Å². The fourth-order valence-electron chi connectivity index (χ4n) is 3.32. The highest BCUT2D eigenvalue weighted by atomic mass is 16.6. The molecule has 0 aliphatic rings. The molecule has 0 saturated heterocycles. The maximum Gasteiger partial charge on any atom is 0.327 e. The van der Waals surface area contributed by atoms with Gasteiger partial charge in [-0.1, -0.05) is 12.1 Å². The molecule has 0 N–H and O–H groups in total. The second-order valence-corrected chi connectivity index (χ2v) is 6.82. The molecular formula is C21H23N5O6. The summed E-state index contributed by atoms with van der Waals surface area (Å²) in [5.74, 6) is -0.559. The molecule has 1 aromatic heterocycles. The summed E-state index contributed by atoms with van der Waals surface area (Å²) in [4.78, 5) is 29.8. The summed E-state index contributed by atoms with van der Waals surface area (Å²) in [7, 11) is 5.55. The van der Waals surface area contributed by atoms with Gasteiger partial charge in [0.2, 0.25) is 11.5 Å². The van der Waals surface area contributed by atoms with Crippen LogP contribution < -0.4 is 14.2 Å². The van der Waals surface area contributed by atoms with Crippen LogP contribution in [0.15, 0.2) is 43.0 Å². The standard InChI is InChI=1S/C21H23N5O6/c1-13(14-6-8-15(9-7-14)25-12-22-11-23-25)24(2)21(27)16-10-17(30-3)19(31-4)20(32-5)18(16)26(28)29/h6-13H,1-5H3. The van der Waals surface area contributed by atoms with Crippen LogP contribution in [-0.4, -0.2) is 58.9 Å². The highest BCUT2D eigenvalue weighted by Crippen LogP contribution is 2.46. The molecule has 2 aromatic carbocycles. The first-order chi connectivity index (χ1) is 15.3. The van der Waals surface area contributed by atoms with Gasteiger partial charge in [-0.25, -0.2) is 9.67 Å². The minimum atomic E-state index is -0.667. The van der Waals surface area contributed by atoms with E-state index in [9.17, 15) is 14.9 Å². The van der Waals surface area contributed by atoms with Crippen molar-refractivity contribution >= 4 is 11.6 Å². The third-order valence-electron chi connectivity index (χ3n) is 5.18. The van der Waals surface area contributed by atoms with Crippen molar-refractivity contribution in [2.24, 2.45) is 0 Å². The van der Waals surface area contributed by atoms with Crippen LogP contribution in [0.3, 0.4) is 0 Å². The van der Waals surface area contributed by atoms with E-state index in [-0.39, 0.29) is 28.9 Å². The van der Waals surface area contributed by atoms with Gasteiger partial charge >= 0.3 is 5.69 Å². The molecular weight excluding hydrogens is 418 g/mol. The first-order valence-corrected chi connectivity index (χ1v) is 9.53. The van der Waals surface area contributed by atoms with Gasteiger partial charge < -0.3 is 19.1 Å². The number of aromatic nitrogens is 3. The number of amides is 1. The van der Waals surface area contributed by atoms with E-state index in [1.54, 1.807) is 18.1 Å². The summed E-state index contributed by atoms with van der Waals surface area (Å²) in [5.41, 5.74) is 0.987. The second-order valence-electron chi connectivity index (χ2n) is 6.82. The molecule has 0 radical (unpaired) electrons. The van der Waals surface area contributed by atoms with E-state index in [1.807, 2.05) is 31.2 Å². The molecule has 11 heteroatoms. The van der Waals surface area contributed by atoms with Gasteiger partial charge in [-0.2, -0.15) is 5.10 Å². The van der Waals surface area contributed by atoms with Crippen molar-refractivity contribution < 1.29 is 23.9 Å². The van der Waals surface area contributed by atoms with Crippen molar-refractivity contribution in [2.75, 3.05) is 28.4 Å². The van der Waals surface area contributed by atoms with Gasteiger partial charge in [0.15, 0.2) is 5.75 Å². The summed E-state index contributed by atoms with van der Waals surface area (Å²) < 4.78 is 17.3. The minimum absolute atomic E-state index is 0.0395. The number of rotatable bonds is 8. The molecule has 3 rings (SSSR count). The third kappa shape index (κ3) is 4.04. The molecule has 1 amide bonds. The lowest BCUT2D eigenvalue weighted by atomic mass is 10.0. The summed E-state index contributed by atoms with van der Waals surface area (Å²) in [5, 5.41) is 15.9. The highest BCUT2D eigenvalue weighted by molar-refractivity contribution is 6.00. The molecule has 0 bridgehead atoms. The monoisotopic (exact) mass is 441 g/mol. The fraction of sp³-hybridized carbons (Fsp3) is 0.286. The number of hydrogen-bond donors (Lipinski definition) is 0. The van der Waals surface area contributed by atoms with Gasteiger partial charge in [0.1, 0.15) is 18.2 Å². The van der Waals surface area contributed by atoms with Crippen molar-refractivity contribution in [3.05, 3.63) is 64.2 Å². The van der Waals surface area contributed by atoms with Crippen molar-refractivity contribution in [1.29, 1.82) is 0 Å². The Balaban J connectivity index is 1.98. The number of carbonyl (C=O) groups excluding carboxylic acids is 1. The zero-order valence-corrected chi connectivity index (χ0v) is 18.3. The van der Waals surface area contributed by atoms with E-state index in [1.165, 1.54) is 38.6 Å². The number of methoxy groups -OCH3 is 3. The molecule has 0 aliphatic carbocycles. The van der Waals surface area contributed by atoms with Crippen LogP contribution in [0.2, 0.25) is 0 Å². The predicted molar refractivity (Wildman–Crippen MR) is 115 cm³/mol. The smallest absolute Gasteiger partial charge is 0.327 e. The lowest BCUT2D eigenvalue weighted by molar-refractivity contribution is -0.386. The van der Waals surface area contributed by atoms with Crippen LogP contribution in [0.4, 0.5) is 5.69 Å². The molecule has 168 valence electrons. The summed E-state index contributed by atoms with van der Waals surface area (Å²) in [6.45, 7) is 1.83. The maximum atomic E-state index is 13.3. The first kappa shape index (κ1) is 22.5. The van der Waals surface area contributed by atoms with Crippen LogP contribution >= 0.6 is 0 Å². The number of nitrogens with zero attached hydrogens (tertiary/aromatic N) is 5. The Morgan fingerprint density at radius 3 is 2.28 bits per heavy atom. The largest absolute Gasteiger partial charge is 0.493 e. The van der Waals surface area contributed by atoms with E-state index >= 15 is 0 Å².